The molecule has 0 radical (unpaired) electrons. The molecule has 0 amide bonds. The van der Waals surface area contributed by atoms with Crippen LogP contribution in [0.5, 0.6) is 0 Å². The first-order valence-electron chi connectivity index (χ1n) is 5.98. The monoisotopic (exact) mass is 215 g/mol. The summed E-state index contributed by atoms with van der Waals surface area (Å²) in [7, 11) is 0. The van der Waals surface area contributed by atoms with E-state index in [0.717, 1.165) is 12.0 Å². The number of aliphatic hydroxyl groups is 1. The number of hydrogen-bond donors (Lipinski definition) is 1. The van der Waals surface area contributed by atoms with E-state index in [-0.39, 0.29) is 0 Å². The Balaban J connectivity index is 2.13. The van der Waals surface area contributed by atoms with Crippen molar-refractivity contribution in [3.05, 3.63) is 34.9 Å². The third kappa shape index (κ3) is 2.43. The van der Waals surface area contributed by atoms with Crippen molar-refractivity contribution in [3.8, 4) is 6.07 Å². The van der Waals surface area contributed by atoms with Gasteiger partial charge in [-0.2, -0.15) is 5.26 Å². The second-order valence-corrected chi connectivity index (χ2v) is 4.45. The quantitative estimate of drug-likeness (QED) is 0.842. The van der Waals surface area contributed by atoms with Gasteiger partial charge in [0.2, 0.25) is 0 Å². The molecule has 0 fully saturated rings. The number of benzene rings is 1. The van der Waals surface area contributed by atoms with Gasteiger partial charge in [-0.1, -0.05) is 18.2 Å². The molecule has 84 valence electrons. The zero-order chi connectivity index (χ0) is 11.4. The Morgan fingerprint density at radius 2 is 2.00 bits per heavy atom. The van der Waals surface area contributed by atoms with Crippen molar-refractivity contribution in [3.63, 3.8) is 0 Å². The van der Waals surface area contributed by atoms with Gasteiger partial charge in [-0.3, -0.25) is 0 Å². The minimum absolute atomic E-state index is 0.415. The molecule has 0 aliphatic heterocycles. The lowest BCUT2D eigenvalue weighted by molar-refractivity contribution is 0.169. The van der Waals surface area contributed by atoms with Crippen molar-refractivity contribution in [1.29, 1.82) is 5.26 Å². The summed E-state index contributed by atoms with van der Waals surface area (Å²) in [5.74, 6) is 0. The molecule has 2 rings (SSSR count). The fraction of sp³-hybridized carbons (Fsp3) is 0.500. The highest BCUT2D eigenvalue weighted by molar-refractivity contribution is 5.34. The van der Waals surface area contributed by atoms with Gasteiger partial charge in [0.25, 0.3) is 0 Å². The standard InChI is InChI=1S/C14H17NO/c15-9-3-6-14(16)13-8-7-11-4-1-2-5-12(11)10-13/h7-8,10,14,16H,1-6H2. The largest absolute Gasteiger partial charge is 0.388 e. The zero-order valence-electron chi connectivity index (χ0n) is 9.45. The predicted molar refractivity (Wildman–Crippen MR) is 62.9 cm³/mol. The summed E-state index contributed by atoms with van der Waals surface area (Å²) in [4.78, 5) is 0. The lowest BCUT2D eigenvalue weighted by atomic mass is 9.89. The van der Waals surface area contributed by atoms with Crippen LogP contribution in [0, 0.1) is 11.3 Å². The third-order valence-electron chi connectivity index (χ3n) is 3.29. The highest BCUT2D eigenvalue weighted by Crippen LogP contribution is 2.26. The first-order valence-corrected chi connectivity index (χ1v) is 5.98. The van der Waals surface area contributed by atoms with Gasteiger partial charge < -0.3 is 5.11 Å². The van der Waals surface area contributed by atoms with Gasteiger partial charge >= 0.3 is 0 Å². The second kappa shape index (κ2) is 5.14. The molecule has 0 bridgehead atoms. The molecule has 1 unspecified atom stereocenters. The summed E-state index contributed by atoms with van der Waals surface area (Å²) in [5.41, 5.74) is 3.79. The molecule has 16 heavy (non-hydrogen) atoms. The van der Waals surface area contributed by atoms with Crippen molar-refractivity contribution in [1.82, 2.24) is 0 Å². The Bertz CT molecular complexity index is 406. The molecule has 0 aromatic heterocycles. The summed E-state index contributed by atoms with van der Waals surface area (Å²) in [6.45, 7) is 0. The van der Waals surface area contributed by atoms with E-state index in [1.165, 1.54) is 30.4 Å². The van der Waals surface area contributed by atoms with E-state index in [1.54, 1.807) is 0 Å². The molecule has 1 aliphatic carbocycles. The van der Waals surface area contributed by atoms with E-state index >= 15 is 0 Å². The maximum absolute atomic E-state index is 9.90. The number of nitrogens with zero attached hydrogens (tertiary/aromatic N) is 1. The summed E-state index contributed by atoms with van der Waals surface area (Å²) in [6.07, 6.45) is 5.31. The molecule has 2 nitrogen and oxygen atoms in total. The second-order valence-electron chi connectivity index (χ2n) is 4.45. The van der Waals surface area contributed by atoms with Crippen LogP contribution >= 0.6 is 0 Å². The van der Waals surface area contributed by atoms with Crippen LogP contribution < -0.4 is 0 Å². The molecule has 0 saturated heterocycles. The Labute approximate surface area is 96.5 Å². The van der Waals surface area contributed by atoms with Crippen LogP contribution in [-0.2, 0) is 12.8 Å². The lowest BCUT2D eigenvalue weighted by Gasteiger charge is -2.18. The average molecular weight is 215 g/mol. The van der Waals surface area contributed by atoms with E-state index < -0.39 is 6.10 Å². The fourth-order valence-electron chi connectivity index (χ4n) is 2.33. The highest BCUT2D eigenvalue weighted by Gasteiger charge is 2.13. The van der Waals surface area contributed by atoms with Crippen LogP contribution in [0.15, 0.2) is 18.2 Å². The maximum atomic E-state index is 9.90. The van der Waals surface area contributed by atoms with E-state index in [1.807, 2.05) is 6.07 Å². The Hall–Kier alpha value is -1.33. The van der Waals surface area contributed by atoms with Crippen molar-refractivity contribution in [2.45, 2.75) is 44.6 Å². The van der Waals surface area contributed by atoms with E-state index in [4.69, 9.17) is 5.26 Å². The van der Waals surface area contributed by atoms with Gasteiger partial charge in [-0.05, 0) is 48.8 Å². The van der Waals surface area contributed by atoms with Gasteiger partial charge in [-0.15, -0.1) is 0 Å². The van der Waals surface area contributed by atoms with Crippen LogP contribution in [-0.4, -0.2) is 5.11 Å². The minimum atomic E-state index is -0.480. The van der Waals surface area contributed by atoms with Crippen LogP contribution in [0.4, 0.5) is 0 Å². The molecule has 1 atom stereocenters. The van der Waals surface area contributed by atoms with E-state index in [0.29, 0.717) is 12.8 Å². The molecular formula is C14H17NO. The van der Waals surface area contributed by atoms with Crippen molar-refractivity contribution >= 4 is 0 Å². The Morgan fingerprint density at radius 3 is 2.75 bits per heavy atom. The molecule has 1 N–H and O–H groups in total. The molecule has 1 aliphatic rings. The smallest absolute Gasteiger partial charge is 0.0800 e. The SMILES string of the molecule is N#CCCC(O)c1ccc2c(c1)CCCC2. The number of aliphatic hydroxyl groups excluding tert-OH is 1. The van der Waals surface area contributed by atoms with Gasteiger partial charge in [0, 0.05) is 6.42 Å². The van der Waals surface area contributed by atoms with Gasteiger partial charge in [-0.25, -0.2) is 0 Å². The summed E-state index contributed by atoms with van der Waals surface area (Å²) >= 11 is 0. The number of fused-ring (bicyclic) bond motifs is 1. The van der Waals surface area contributed by atoms with E-state index in [2.05, 4.69) is 18.2 Å². The van der Waals surface area contributed by atoms with Gasteiger partial charge in [0.15, 0.2) is 0 Å². The highest BCUT2D eigenvalue weighted by atomic mass is 16.3. The molecule has 0 heterocycles. The van der Waals surface area contributed by atoms with Crippen molar-refractivity contribution in [2.24, 2.45) is 0 Å². The van der Waals surface area contributed by atoms with Crippen LogP contribution in [0.25, 0.3) is 0 Å². The molecule has 1 aromatic rings. The maximum Gasteiger partial charge on any atom is 0.0800 e. The molecule has 0 saturated carbocycles. The number of rotatable bonds is 3. The molecule has 2 heteroatoms. The molecule has 0 spiro atoms. The first kappa shape index (κ1) is 11.2. The Morgan fingerprint density at radius 1 is 1.25 bits per heavy atom. The lowest BCUT2D eigenvalue weighted by Crippen LogP contribution is -2.05. The van der Waals surface area contributed by atoms with E-state index in [9.17, 15) is 5.11 Å². The summed E-state index contributed by atoms with van der Waals surface area (Å²) in [6, 6.07) is 8.34. The number of hydrogen-bond acceptors (Lipinski definition) is 2. The number of nitriles is 1. The first-order chi connectivity index (χ1) is 7.81. The van der Waals surface area contributed by atoms with Crippen LogP contribution in [0.1, 0.15) is 48.5 Å². The summed E-state index contributed by atoms with van der Waals surface area (Å²) in [5, 5.41) is 18.4. The van der Waals surface area contributed by atoms with Crippen LogP contribution in [0.3, 0.4) is 0 Å². The van der Waals surface area contributed by atoms with Crippen molar-refractivity contribution < 1.29 is 5.11 Å². The number of aryl methyl sites for hydroxylation is 2. The van der Waals surface area contributed by atoms with Crippen LogP contribution in [0.2, 0.25) is 0 Å². The average Bonchev–Trinajstić information content (AvgIpc) is 2.35. The van der Waals surface area contributed by atoms with Gasteiger partial charge in [0.1, 0.15) is 0 Å². The Kier molecular flexibility index (Phi) is 3.58. The zero-order valence-corrected chi connectivity index (χ0v) is 9.45. The third-order valence-corrected chi connectivity index (χ3v) is 3.29. The minimum Gasteiger partial charge on any atom is -0.388 e. The van der Waals surface area contributed by atoms with Gasteiger partial charge in [0.05, 0.1) is 12.2 Å². The molecular weight excluding hydrogens is 198 g/mol. The topological polar surface area (TPSA) is 44.0 Å². The van der Waals surface area contributed by atoms with Crippen molar-refractivity contribution in [2.75, 3.05) is 0 Å². The molecule has 1 aromatic carbocycles. The normalized spacial score (nSPS) is 16.2. The fourth-order valence-corrected chi connectivity index (χ4v) is 2.33. The predicted octanol–water partition coefficient (Wildman–Crippen LogP) is 2.90. The summed E-state index contributed by atoms with van der Waals surface area (Å²) < 4.78 is 0.